The summed E-state index contributed by atoms with van der Waals surface area (Å²) >= 11 is 6.00. The van der Waals surface area contributed by atoms with Crippen LogP contribution in [0.25, 0.3) is 10.9 Å². The summed E-state index contributed by atoms with van der Waals surface area (Å²) in [4.78, 5) is 22.9. The molecule has 1 atom stereocenters. The average Bonchev–Trinajstić information content (AvgIpc) is 3.14. The number of benzene rings is 1. The molecule has 2 aromatic heterocycles. The number of fused-ring (bicyclic) bond motifs is 1. The summed E-state index contributed by atoms with van der Waals surface area (Å²) in [7, 11) is 1.83. The first kappa shape index (κ1) is 14.9. The third-order valence-corrected chi connectivity index (χ3v) is 4.35. The summed E-state index contributed by atoms with van der Waals surface area (Å²) in [6.07, 6.45) is 5.71. The Balaban J connectivity index is 1.59. The maximum atomic E-state index is 12.7. The maximum Gasteiger partial charge on any atom is 0.249 e. The van der Waals surface area contributed by atoms with E-state index < -0.39 is 0 Å². The molecule has 122 valence electrons. The zero-order valence-electron chi connectivity index (χ0n) is 13.0. The van der Waals surface area contributed by atoms with Crippen molar-refractivity contribution in [3.8, 4) is 0 Å². The van der Waals surface area contributed by atoms with Crippen LogP contribution in [0.4, 0.5) is 11.5 Å². The quantitative estimate of drug-likeness (QED) is 0.790. The van der Waals surface area contributed by atoms with Gasteiger partial charge in [-0.2, -0.15) is 5.10 Å². The summed E-state index contributed by atoms with van der Waals surface area (Å²) in [5, 5.41) is 8.83. The van der Waals surface area contributed by atoms with E-state index in [9.17, 15) is 4.79 Å². The van der Waals surface area contributed by atoms with E-state index in [2.05, 4.69) is 20.4 Å². The minimum Gasteiger partial charge on any atom is -0.358 e. The van der Waals surface area contributed by atoms with Crippen LogP contribution in [0.15, 0.2) is 36.9 Å². The van der Waals surface area contributed by atoms with Crippen molar-refractivity contribution < 1.29 is 4.79 Å². The molecule has 0 spiro atoms. The van der Waals surface area contributed by atoms with Crippen LogP contribution in [-0.2, 0) is 11.8 Å². The lowest BCUT2D eigenvalue weighted by Crippen LogP contribution is -2.33. The first-order chi connectivity index (χ1) is 11.6. The Kier molecular flexibility index (Phi) is 3.57. The van der Waals surface area contributed by atoms with Gasteiger partial charge in [0.25, 0.3) is 0 Å². The Morgan fingerprint density at radius 2 is 2.21 bits per heavy atom. The van der Waals surface area contributed by atoms with Gasteiger partial charge in [0.15, 0.2) is 0 Å². The van der Waals surface area contributed by atoms with E-state index in [1.165, 1.54) is 6.33 Å². The van der Waals surface area contributed by atoms with E-state index in [0.29, 0.717) is 23.8 Å². The van der Waals surface area contributed by atoms with Gasteiger partial charge in [-0.3, -0.25) is 9.48 Å². The number of nitrogens with zero attached hydrogens (tertiary/aromatic N) is 5. The molecule has 0 radical (unpaired) electrons. The number of aryl methyl sites for hydroxylation is 1. The van der Waals surface area contributed by atoms with Crippen LogP contribution in [0, 0.1) is 0 Å². The Bertz CT molecular complexity index is 924. The van der Waals surface area contributed by atoms with Crippen LogP contribution < -0.4 is 10.2 Å². The zero-order valence-corrected chi connectivity index (χ0v) is 13.7. The average molecular weight is 343 g/mol. The highest BCUT2D eigenvalue weighted by atomic mass is 35.5. The number of hydrogen-bond acceptors (Lipinski definition) is 5. The minimum absolute atomic E-state index is 0.0173. The van der Waals surface area contributed by atoms with Gasteiger partial charge >= 0.3 is 0 Å². The standard InChI is InChI=1S/C16H15ClN6O/c1-22-8-11(7-20-22)23-5-4-13(16(23)24)21-15-12-3-2-10(17)6-14(12)18-9-19-15/h2-3,6-9,13H,4-5H2,1H3,(H,18,19,21). The first-order valence-electron chi connectivity index (χ1n) is 7.58. The lowest BCUT2D eigenvalue weighted by Gasteiger charge is -2.16. The van der Waals surface area contributed by atoms with Crippen molar-refractivity contribution in [3.63, 3.8) is 0 Å². The van der Waals surface area contributed by atoms with E-state index in [1.807, 2.05) is 19.3 Å². The minimum atomic E-state index is -0.320. The summed E-state index contributed by atoms with van der Waals surface area (Å²) < 4.78 is 1.69. The Labute approximate surface area is 143 Å². The molecule has 1 unspecified atom stereocenters. The van der Waals surface area contributed by atoms with Gasteiger partial charge in [0, 0.05) is 30.2 Å². The van der Waals surface area contributed by atoms with Gasteiger partial charge in [-0.1, -0.05) is 11.6 Å². The fourth-order valence-corrected chi connectivity index (χ4v) is 3.09. The normalized spacial score (nSPS) is 17.7. The number of rotatable bonds is 3. The SMILES string of the molecule is Cn1cc(N2CCC(Nc3ncnc4cc(Cl)ccc34)C2=O)cn1. The second-order valence-electron chi connectivity index (χ2n) is 5.73. The monoisotopic (exact) mass is 342 g/mol. The van der Waals surface area contributed by atoms with Crippen LogP contribution in [0.5, 0.6) is 0 Å². The molecule has 8 heteroatoms. The largest absolute Gasteiger partial charge is 0.358 e. The number of hydrogen-bond donors (Lipinski definition) is 1. The molecule has 3 heterocycles. The third kappa shape index (κ3) is 2.56. The lowest BCUT2D eigenvalue weighted by atomic mass is 10.2. The van der Waals surface area contributed by atoms with Crippen molar-refractivity contribution >= 4 is 39.9 Å². The van der Waals surface area contributed by atoms with E-state index in [0.717, 1.165) is 16.6 Å². The molecule has 7 nitrogen and oxygen atoms in total. The predicted octanol–water partition coefficient (Wildman–Crippen LogP) is 2.23. The van der Waals surface area contributed by atoms with Crippen molar-refractivity contribution in [2.45, 2.75) is 12.5 Å². The molecule has 1 N–H and O–H groups in total. The van der Waals surface area contributed by atoms with E-state index >= 15 is 0 Å². The third-order valence-electron chi connectivity index (χ3n) is 4.12. The molecule has 1 saturated heterocycles. The highest BCUT2D eigenvalue weighted by molar-refractivity contribution is 6.31. The molecule has 1 aromatic carbocycles. The van der Waals surface area contributed by atoms with Crippen molar-refractivity contribution in [2.75, 3.05) is 16.8 Å². The van der Waals surface area contributed by atoms with Crippen molar-refractivity contribution in [1.29, 1.82) is 0 Å². The highest BCUT2D eigenvalue weighted by Crippen LogP contribution is 2.26. The van der Waals surface area contributed by atoms with E-state index in [-0.39, 0.29) is 11.9 Å². The van der Waals surface area contributed by atoms with Crippen LogP contribution in [0.2, 0.25) is 5.02 Å². The molecular formula is C16H15ClN6O. The number of carbonyl (C=O) groups excluding carboxylic acids is 1. The molecule has 1 amide bonds. The Morgan fingerprint density at radius 3 is 3.00 bits per heavy atom. The summed E-state index contributed by atoms with van der Waals surface area (Å²) in [6.45, 7) is 0.650. The van der Waals surface area contributed by atoms with Crippen LogP contribution >= 0.6 is 11.6 Å². The van der Waals surface area contributed by atoms with Gasteiger partial charge in [0.1, 0.15) is 18.2 Å². The summed E-state index contributed by atoms with van der Waals surface area (Å²) in [5.74, 6) is 0.659. The number of amides is 1. The number of halogens is 1. The molecule has 0 saturated carbocycles. The second-order valence-corrected chi connectivity index (χ2v) is 6.17. The molecule has 24 heavy (non-hydrogen) atoms. The molecule has 1 aliphatic rings. The topological polar surface area (TPSA) is 75.9 Å². The molecule has 0 bridgehead atoms. The fraction of sp³-hybridized carbons (Fsp3) is 0.250. The number of aromatic nitrogens is 4. The molecular weight excluding hydrogens is 328 g/mol. The molecule has 0 aliphatic carbocycles. The smallest absolute Gasteiger partial charge is 0.249 e. The predicted molar refractivity (Wildman–Crippen MR) is 92.1 cm³/mol. The lowest BCUT2D eigenvalue weighted by molar-refractivity contribution is -0.117. The van der Waals surface area contributed by atoms with Gasteiger partial charge in [-0.25, -0.2) is 9.97 Å². The highest BCUT2D eigenvalue weighted by Gasteiger charge is 2.33. The van der Waals surface area contributed by atoms with Crippen LogP contribution in [0.1, 0.15) is 6.42 Å². The van der Waals surface area contributed by atoms with Gasteiger partial charge in [0.05, 0.1) is 17.4 Å². The van der Waals surface area contributed by atoms with Gasteiger partial charge in [-0.05, 0) is 24.6 Å². The Morgan fingerprint density at radius 1 is 1.33 bits per heavy atom. The molecule has 4 rings (SSSR count). The van der Waals surface area contributed by atoms with Gasteiger partial charge in [-0.15, -0.1) is 0 Å². The number of nitrogens with one attached hydrogen (secondary N) is 1. The van der Waals surface area contributed by atoms with E-state index in [4.69, 9.17) is 11.6 Å². The summed E-state index contributed by atoms with van der Waals surface area (Å²) in [6, 6.07) is 5.11. The zero-order chi connectivity index (χ0) is 16.7. The molecule has 1 aliphatic heterocycles. The maximum absolute atomic E-state index is 12.7. The van der Waals surface area contributed by atoms with Crippen molar-refractivity contribution in [1.82, 2.24) is 19.7 Å². The van der Waals surface area contributed by atoms with Crippen molar-refractivity contribution in [3.05, 3.63) is 41.9 Å². The van der Waals surface area contributed by atoms with E-state index in [1.54, 1.807) is 27.9 Å². The first-order valence-corrected chi connectivity index (χ1v) is 7.96. The molecule has 1 fully saturated rings. The second kappa shape index (κ2) is 5.76. The van der Waals surface area contributed by atoms with Gasteiger partial charge < -0.3 is 10.2 Å². The fourth-order valence-electron chi connectivity index (χ4n) is 2.93. The number of anilines is 2. The number of carbonyl (C=O) groups is 1. The van der Waals surface area contributed by atoms with Gasteiger partial charge in [0.2, 0.25) is 5.91 Å². The van der Waals surface area contributed by atoms with Crippen molar-refractivity contribution in [2.24, 2.45) is 7.05 Å². The Hall–Kier alpha value is -2.67. The molecule has 3 aromatic rings. The summed E-state index contributed by atoms with van der Waals surface area (Å²) in [5.41, 5.74) is 1.56. The van der Waals surface area contributed by atoms with Crippen LogP contribution in [-0.4, -0.2) is 38.2 Å². The van der Waals surface area contributed by atoms with Crippen LogP contribution in [0.3, 0.4) is 0 Å².